The quantitative estimate of drug-likeness (QED) is 0.739. The molecule has 1 aliphatic heterocycles. The summed E-state index contributed by atoms with van der Waals surface area (Å²) in [6.45, 7) is 17.7. The zero-order chi connectivity index (χ0) is 15.2. The lowest BCUT2D eigenvalue weighted by atomic mass is 9.84. The fraction of sp³-hybridized carbons (Fsp3) is 1.00. The molecule has 1 atom stereocenters. The molecule has 0 aliphatic carbocycles. The maximum atomic E-state index is 3.66. The third-order valence-electron chi connectivity index (χ3n) is 5.16. The first-order valence-corrected chi connectivity index (χ1v) is 8.56. The van der Waals surface area contributed by atoms with Gasteiger partial charge in [-0.3, -0.25) is 0 Å². The van der Waals surface area contributed by atoms with Gasteiger partial charge in [0.2, 0.25) is 0 Å². The summed E-state index contributed by atoms with van der Waals surface area (Å²) in [5.41, 5.74) is 0.325. The third-order valence-corrected chi connectivity index (χ3v) is 5.16. The number of hydrogen-bond acceptors (Lipinski definition) is 3. The number of nitrogens with one attached hydrogen (secondary N) is 1. The Hall–Kier alpha value is -0.120. The molecule has 1 unspecified atom stereocenters. The number of likely N-dealkylation sites (tertiary alicyclic amines) is 1. The lowest BCUT2D eigenvalue weighted by molar-refractivity contribution is 0.0856. The Morgan fingerprint density at radius 1 is 1.25 bits per heavy atom. The average Bonchev–Trinajstić information content (AvgIpc) is 2.44. The monoisotopic (exact) mass is 283 g/mol. The van der Waals surface area contributed by atoms with E-state index in [0.717, 1.165) is 12.6 Å². The van der Waals surface area contributed by atoms with Crippen LogP contribution in [0.5, 0.6) is 0 Å². The molecule has 0 aromatic rings. The lowest BCUT2D eigenvalue weighted by Crippen LogP contribution is -2.50. The van der Waals surface area contributed by atoms with E-state index in [0.29, 0.717) is 11.5 Å². The molecule has 3 heteroatoms. The highest BCUT2D eigenvalue weighted by Gasteiger charge is 2.30. The van der Waals surface area contributed by atoms with Crippen molar-refractivity contribution in [3.05, 3.63) is 0 Å². The van der Waals surface area contributed by atoms with Crippen molar-refractivity contribution in [2.24, 2.45) is 5.41 Å². The van der Waals surface area contributed by atoms with Crippen LogP contribution in [-0.2, 0) is 0 Å². The maximum Gasteiger partial charge on any atom is 0.0117 e. The van der Waals surface area contributed by atoms with Crippen LogP contribution in [0.2, 0.25) is 0 Å². The Morgan fingerprint density at radius 3 is 2.35 bits per heavy atom. The minimum atomic E-state index is 0.325. The topological polar surface area (TPSA) is 18.5 Å². The smallest absolute Gasteiger partial charge is 0.0117 e. The number of rotatable bonds is 8. The van der Waals surface area contributed by atoms with Crippen molar-refractivity contribution in [2.45, 2.75) is 66.0 Å². The Labute approximate surface area is 127 Å². The minimum Gasteiger partial charge on any atom is -0.314 e. The lowest BCUT2D eigenvalue weighted by Gasteiger charge is -2.42. The first kappa shape index (κ1) is 17.9. The summed E-state index contributed by atoms with van der Waals surface area (Å²) in [5.74, 6) is 0. The fourth-order valence-corrected chi connectivity index (χ4v) is 3.22. The normalized spacial score (nSPS) is 20.6. The van der Waals surface area contributed by atoms with Crippen molar-refractivity contribution in [3.8, 4) is 0 Å². The van der Waals surface area contributed by atoms with Gasteiger partial charge >= 0.3 is 0 Å². The standard InChI is InChI=1S/C17H37N3/c1-7-11-18-15(3)17(4,5)14-19(6)16-9-12-20(8-2)13-10-16/h15-16,18H,7-14H2,1-6H3. The molecule has 1 fully saturated rings. The molecule has 20 heavy (non-hydrogen) atoms. The van der Waals surface area contributed by atoms with Gasteiger partial charge in [-0.2, -0.15) is 0 Å². The van der Waals surface area contributed by atoms with Crippen molar-refractivity contribution in [3.63, 3.8) is 0 Å². The Balaban J connectivity index is 2.42. The van der Waals surface area contributed by atoms with Gasteiger partial charge in [-0.15, -0.1) is 0 Å². The Morgan fingerprint density at radius 2 is 1.85 bits per heavy atom. The van der Waals surface area contributed by atoms with E-state index in [1.165, 1.54) is 45.4 Å². The van der Waals surface area contributed by atoms with Crippen LogP contribution in [0.3, 0.4) is 0 Å². The van der Waals surface area contributed by atoms with Gasteiger partial charge in [0, 0.05) is 18.6 Å². The molecular formula is C17H37N3. The SMILES string of the molecule is CCCNC(C)C(C)(C)CN(C)C1CCN(CC)CC1. The van der Waals surface area contributed by atoms with Gasteiger partial charge in [-0.05, 0) is 64.8 Å². The predicted molar refractivity (Wildman–Crippen MR) is 89.3 cm³/mol. The minimum absolute atomic E-state index is 0.325. The highest BCUT2D eigenvalue weighted by Crippen LogP contribution is 2.25. The first-order chi connectivity index (χ1) is 9.40. The van der Waals surface area contributed by atoms with Crippen molar-refractivity contribution in [1.29, 1.82) is 0 Å². The zero-order valence-electron chi connectivity index (χ0n) is 14.7. The van der Waals surface area contributed by atoms with Crippen molar-refractivity contribution in [1.82, 2.24) is 15.1 Å². The van der Waals surface area contributed by atoms with Crippen LogP contribution in [0.4, 0.5) is 0 Å². The van der Waals surface area contributed by atoms with E-state index in [1.54, 1.807) is 0 Å². The van der Waals surface area contributed by atoms with Gasteiger partial charge in [0.05, 0.1) is 0 Å². The molecule has 0 aromatic carbocycles. The Bertz CT molecular complexity index is 257. The van der Waals surface area contributed by atoms with E-state index in [1.807, 2.05) is 0 Å². The van der Waals surface area contributed by atoms with Gasteiger partial charge in [-0.25, -0.2) is 0 Å². The maximum absolute atomic E-state index is 3.66. The van der Waals surface area contributed by atoms with Gasteiger partial charge in [0.1, 0.15) is 0 Å². The summed E-state index contributed by atoms with van der Waals surface area (Å²) in [5, 5.41) is 3.66. The highest BCUT2D eigenvalue weighted by molar-refractivity contribution is 4.86. The second kappa shape index (κ2) is 8.35. The first-order valence-electron chi connectivity index (χ1n) is 8.56. The van der Waals surface area contributed by atoms with Crippen LogP contribution in [0.25, 0.3) is 0 Å². The molecule has 1 N–H and O–H groups in total. The molecule has 1 aliphatic rings. The number of hydrogen-bond donors (Lipinski definition) is 1. The molecular weight excluding hydrogens is 246 g/mol. The molecule has 0 aromatic heterocycles. The molecule has 0 spiro atoms. The summed E-state index contributed by atoms with van der Waals surface area (Å²) < 4.78 is 0. The third kappa shape index (κ3) is 5.34. The molecule has 1 saturated heterocycles. The van der Waals surface area contributed by atoms with Crippen molar-refractivity contribution in [2.75, 3.05) is 39.8 Å². The largest absolute Gasteiger partial charge is 0.314 e. The average molecular weight is 284 g/mol. The van der Waals surface area contributed by atoms with Crippen LogP contribution >= 0.6 is 0 Å². The van der Waals surface area contributed by atoms with Gasteiger partial charge in [-0.1, -0.05) is 27.7 Å². The summed E-state index contributed by atoms with van der Waals surface area (Å²) in [6.07, 6.45) is 3.88. The number of nitrogens with zero attached hydrogens (tertiary/aromatic N) is 2. The highest BCUT2D eigenvalue weighted by atomic mass is 15.2. The van der Waals surface area contributed by atoms with Crippen LogP contribution < -0.4 is 5.32 Å². The van der Waals surface area contributed by atoms with E-state index < -0.39 is 0 Å². The van der Waals surface area contributed by atoms with Crippen LogP contribution in [-0.4, -0.2) is 61.7 Å². The second-order valence-corrected chi connectivity index (χ2v) is 7.24. The zero-order valence-corrected chi connectivity index (χ0v) is 14.7. The molecule has 1 heterocycles. The van der Waals surface area contributed by atoms with Crippen molar-refractivity contribution < 1.29 is 0 Å². The molecule has 0 amide bonds. The van der Waals surface area contributed by atoms with E-state index in [9.17, 15) is 0 Å². The van der Waals surface area contributed by atoms with E-state index in [2.05, 4.69) is 56.8 Å². The fourth-order valence-electron chi connectivity index (χ4n) is 3.22. The van der Waals surface area contributed by atoms with Gasteiger partial charge < -0.3 is 15.1 Å². The van der Waals surface area contributed by atoms with Crippen LogP contribution in [0.15, 0.2) is 0 Å². The summed E-state index contributed by atoms with van der Waals surface area (Å²) in [6, 6.07) is 1.34. The van der Waals surface area contributed by atoms with E-state index >= 15 is 0 Å². The van der Waals surface area contributed by atoms with Crippen LogP contribution in [0, 0.1) is 5.41 Å². The number of piperidine rings is 1. The van der Waals surface area contributed by atoms with Crippen molar-refractivity contribution >= 4 is 0 Å². The second-order valence-electron chi connectivity index (χ2n) is 7.24. The van der Waals surface area contributed by atoms with E-state index in [4.69, 9.17) is 0 Å². The van der Waals surface area contributed by atoms with E-state index in [-0.39, 0.29) is 0 Å². The van der Waals surface area contributed by atoms with Gasteiger partial charge in [0.15, 0.2) is 0 Å². The molecule has 0 saturated carbocycles. The predicted octanol–water partition coefficient (Wildman–Crippen LogP) is 2.82. The van der Waals surface area contributed by atoms with Crippen LogP contribution in [0.1, 0.15) is 53.9 Å². The molecule has 3 nitrogen and oxygen atoms in total. The molecule has 0 radical (unpaired) electrons. The molecule has 0 bridgehead atoms. The summed E-state index contributed by atoms with van der Waals surface area (Å²) >= 11 is 0. The summed E-state index contributed by atoms with van der Waals surface area (Å²) in [7, 11) is 2.32. The molecule has 120 valence electrons. The molecule has 1 rings (SSSR count). The summed E-state index contributed by atoms with van der Waals surface area (Å²) in [4.78, 5) is 5.18. The van der Waals surface area contributed by atoms with Gasteiger partial charge in [0.25, 0.3) is 0 Å². The Kier molecular flexibility index (Phi) is 7.49.